The van der Waals surface area contributed by atoms with Crippen LogP contribution < -0.4 is 10.5 Å². The van der Waals surface area contributed by atoms with Crippen molar-refractivity contribution in [2.45, 2.75) is 12.5 Å². The highest BCUT2D eigenvalue weighted by atomic mass is 35.5. The lowest BCUT2D eigenvalue weighted by atomic mass is 10.0. The van der Waals surface area contributed by atoms with Crippen molar-refractivity contribution in [3.63, 3.8) is 0 Å². The van der Waals surface area contributed by atoms with Crippen molar-refractivity contribution < 1.29 is 14.6 Å². The van der Waals surface area contributed by atoms with Gasteiger partial charge in [0.15, 0.2) is 0 Å². The number of para-hydroxylation sites is 1. The molecule has 0 spiro atoms. The lowest BCUT2D eigenvalue weighted by molar-refractivity contribution is -0.141. The van der Waals surface area contributed by atoms with Crippen LogP contribution in [0.3, 0.4) is 0 Å². The Balaban J connectivity index is 0.00000200. The summed E-state index contributed by atoms with van der Waals surface area (Å²) >= 11 is 0. The second-order valence-corrected chi connectivity index (χ2v) is 4.81. The highest BCUT2D eigenvalue weighted by Gasteiger charge is 2.33. The van der Waals surface area contributed by atoms with E-state index in [9.17, 15) is 4.79 Å². The quantitative estimate of drug-likeness (QED) is 0.862. The summed E-state index contributed by atoms with van der Waals surface area (Å²) in [6, 6.07) is 7.78. The third kappa shape index (κ3) is 3.42. The molecule has 0 radical (unpaired) electrons. The Morgan fingerprint density at radius 1 is 1.55 bits per heavy atom. The van der Waals surface area contributed by atoms with Crippen LogP contribution >= 0.6 is 12.4 Å². The first-order valence-electron chi connectivity index (χ1n) is 6.47. The van der Waals surface area contributed by atoms with Gasteiger partial charge in [-0.15, -0.1) is 12.4 Å². The van der Waals surface area contributed by atoms with Crippen molar-refractivity contribution in [2.75, 3.05) is 26.7 Å². The summed E-state index contributed by atoms with van der Waals surface area (Å²) in [5, 5.41) is 9.07. The van der Waals surface area contributed by atoms with Crippen LogP contribution in [0.4, 0.5) is 0 Å². The van der Waals surface area contributed by atoms with E-state index in [0.29, 0.717) is 19.5 Å². The summed E-state index contributed by atoms with van der Waals surface area (Å²) in [5.41, 5.74) is 6.91. The number of carboxylic acids is 1. The van der Waals surface area contributed by atoms with E-state index in [2.05, 4.69) is 4.90 Å². The Hall–Kier alpha value is -1.30. The molecule has 0 amide bonds. The number of hydrogen-bond donors (Lipinski definition) is 2. The van der Waals surface area contributed by atoms with Gasteiger partial charge in [-0.05, 0) is 19.0 Å². The lowest BCUT2D eigenvalue weighted by Crippen LogP contribution is -2.33. The molecule has 0 aromatic heterocycles. The number of carboxylic acid groups (broad SMARTS) is 1. The van der Waals surface area contributed by atoms with Crippen molar-refractivity contribution in [1.82, 2.24) is 4.90 Å². The van der Waals surface area contributed by atoms with Gasteiger partial charge in [0.2, 0.25) is 0 Å². The molecule has 1 aromatic carbocycles. The van der Waals surface area contributed by atoms with E-state index in [4.69, 9.17) is 15.6 Å². The SMILES string of the molecule is COc1ccccc1C(CN)N1CCC(C(=O)O)C1.Cl. The van der Waals surface area contributed by atoms with Crippen LogP contribution in [0.15, 0.2) is 24.3 Å². The molecule has 1 aliphatic rings. The molecule has 3 N–H and O–H groups in total. The largest absolute Gasteiger partial charge is 0.496 e. The standard InChI is InChI=1S/C14H20N2O3.ClH/c1-19-13-5-3-2-4-11(13)12(8-15)16-7-6-10(9-16)14(17)18;/h2-5,10,12H,6-9,15H2,1H3,(H,17,18);1H. The normalized spacial score (nSPS) is 20.2. The minimum absolute atomic E-state index is 0. The summed E-state index contributed by atoms with van der Waals surface area (Å²) in [7, 11) is 1.64. The van der Waals surface area contributed by atoms with Crippen LogP contribution in [0.25, 0.3) is 0 Å². The van der Waals surface area contributed by atoms with E-state index >= 15 is 0 Å². The Morgan fingerprint density at radius 3 is 2.80 bits per heavy atom. The summed E-state index contributed by atoms with van der Waals surface area (Å²) in [6.45, 7) is 1.76. The van der Waals surface area contributed by atoms with Crippen LogP contribution in [0, 0.1) is 5.92 Å². The number of methoxy groups -OCH3 is 1. The lowest BCUT2D eigenvalue weighted by Gasteiger charge is -2.28. The van der Waals surface area contributed by atoms with Gasteiger partial charge in [0, 0.05) is 18.7 Å². The van der Waals surface area contributed by atoms with Crippen LogP contribution in [-0.4, -0.2) is 42.7 Å². The van der Waals surface area contributed by atoms with Gasteiger partial charge in [0.25, 0.3) is 0 Å². The molecule has 5 nitrogen and oxygen atoms in total. The van der Waals surface area contributed by atoms with Gasteiger partial charge in [-0.2, -0.15) is 0 Å². The average molecular weight is 301 g/mol. The first kappa shape index (κ1) is 16.8. The van der Waals surface area contributed by atoms with Gasteiger partial charge in [-0.3, -0.25) is 9.69 Å². The topological polar surface area (TPSA) is 75.8 Å². The molecular formula is C14H21ClN2O3. The second kappa shape index (κ2) is 7.47. The van der Waals surface area contributed by atoms with Crippen molar-refractivity contribution in [3.8, 4) is 5.75 Å². The number of hydrogen-bond acceptors (Lipinski definition) is 4. The number of ether oxygens (including phenoxy) is 1. The van der Waals surface area contributed by atoms with Crippen molar-refractivity contribution >= 4 is 18.4 Å². The van der Waals surface area contributed by atoms with Gasteiger partial charge in [0.05, 0.1) is 19.1 Å². The second-order valence-electron chi connectivity index (χ2n) is 4.81. The molecule has 1 heterocycles. The number of halogens is 1. The van der Waals surface area contributed by atoms with Crippen molar-refractivity contribution in [2.24, 2.45) is 11.7 Å². The number of nitrogens with two attached hydrogens (primary N) is 1. The van der Waals surface area contributed by atoms with E-state index in [-0.39, 0.29) is 24.4 Å². The van der Waals surface area contributed by atoms with Crippen LogP contribution in [0.1, 0.15) is 18.0 Å². The fourth-order valence-corrected chi connectivity index (χ4v) is 2.69. The summed E-state index contributed by atoms with van der Waals surface area (Å²) in [4.78, 5) is 13.2. The molecule has 0 saturated carbocycles. The zero-order valence-electron chi connectivity index (χ0n) is 11.5. The van der Waals surface area contributed by atoms with Gasteiger partial charge >= 0.3 is 5.97 Å². The van der Waals surface area contributed by atoms with E-state index in [1.54, 1.807) is 7.11 Å². The van der Waals surface area contributed by atoms with Crippen LogP contribution in [-0.2, 0) is 4.79 Å². The molecule has 0 aliphatic carbocycles. The summed E-state index contributed by atoms with van der Waals surface area (Å²) < 4.78 is 5.36. The zero-order chi connectivity index (χ0) is 13.8. The highest BCUT2D eigenvalue weighted by molar-refractivity contribution is 5.85. The summed E-state index contributed by atoms with van der Waals surface area (Å²) in [6.07, 6.45) is 0.682. The first-order valence-corrected chi connectivity index (χ1v) is 6.47. The molecule has 2 unspecified atom stereocenters. The minimum Gasteiger partial charge on any atom is -0.496 e. The highest BCUT2D eigenvalue weighted by Crippen LogP contribution is 2.32. The molecule has 20 heavy (non-hydrogen) atoms. The Morgan fingerprint density at radius 2 is 2.25 bits per heavy atom. The number of likely N-dealkylation sites (tertiary alicyclic amines) is 1. The third-order valence-corrected chi connectivity index (χ3v) is 3.73. The summed E-state index contributed by atoms with van der Waals surface area (Å²) in [5.74, 6) is -0.209. The smallest absolute Gasteiger partial charge is 0.307 e. The Kier molecular flexibility index (Phi) is 6.26. The van der Waals surface area contributed by atoms with E-state index in [1.807, 2.05) is 24.3 Å². The van der Waals surface area contributed by atoms with Crippen molar-refractivity contribution in [1.29, 1.82) is 0 Å². The Labute approximate surface area is 125 Å². The number of rotatable bonds is 5. The molecule has 1 fully saturated rings. The molecule has 1 aliphatic heterocycles. The maximum Gasteiger partial charge on any atom is 0.307 e. The maximum absolute atomic E-state index is 11.0. The predicted octanol–water partition coefficient (Wildman–Crippen LogP) is 1.52. The van der Waals surface area contributed by atoms with Gasteiger partial charge in [-0.25, -0.2) is 0 Å². The van der Waals surface area contributed by atoms with Gasteiger partial charge in [-0.1, -0.05) is 18.2 Å². The predicted molar refractivity (Wildman–Crippen MR) is 79.4 cm³/mol. The van der Waals surface area contributed by atoms with Crippen molar-refractivity contribution in [3.05, 3.63) is 29.8 Å². The molecule has 6 heteroatoms. The number of aliphatic carboxylic acids is 1. The zero-order valence-corrected chi connectivity index (χ0v) is 12.3. The van der Waals surface area contributed by atoms with E-state index in [1.165, 1.54) is 0 Å². The number of nitrogens with zero attached hydrogens (tertiary/aromatic N) is 1. The van der Waals surface area contributed by atoms with Crippen LogP contribution in [0.5, 0.6) is 5.75 Å². The molecule has 112 valence electrons. The Bertz CT molecular complexity index is 456. The fourth-order valence-electron chi connectivity index (χ4n) is 2.69. The molecule has 1 saturated heterocycles. The molecule has 2 atom stereocenters. The van der Waals surface area contributed by atoms with E-state index in [0.717, 1.165) is 17.9 Å². The monoisotopic (exact) mass is 300 g/mol. The maximum atomic E-state index is 11.0. The molecule has 0 bridgehead atoms. The van der Waals surface area contributed by atoms with Crippen LogP contribution in [0.2, 0.25) is 0 Å². The fraction of sp³-hybridized carbons (Fsp3) is 0.500. The average Bonchev–Trinajstić information content (AvgIpc) is 2.90. The molecule has 2 rings (SSSR count). The molecule has 1 aromatic rings. The number of benzene rings is 1. The number of carbonyl (C=O) groups is 1. The first-order chi connectivity index (χ1) is 9.17. The van der Waals surface area contributed by atoms with Gasteiger partial charge < -0.3 is 15.6 Å². The van der Waals surface area contributed by atoms with E-state index < -0.39 is 5.97 Å². The third-order valence-electron chi connectivity index (χ3n) is 3.73. The van der Waals surface area contributed by atoms with Gasteiger partial charge in [0.1, 0.15) is 5.75 Å². The minimum atomic E-state index is -0.724. The molecular weight excluding hydrogens is 280 g/mol.